The van der Waals surface area contributed by atoms with Gasteiger partial charge in [0.1, 0.15) is 11.5 Å². The zero-order valence-electron chi connectivity index (χ0n) is 17.4. The quantitative estimate of drug-likeness (QED) is 0.352. The smallest absolute Gasteiger partial charge is 0.277 e. The molecule has 7 nitrogen and oxygen atoms in total. The van der Waals surface area contributed by atoms with Crippen LogP contribution >= 0.6 is 31.9 Å². The number of amides is 2. The number of carbonyl (C=O) groups excluding carboxylic acids is 3. The molecule has 2 aromatic carbocycles. The number of ketones is 1. The number of hydrazone groups is 1. The molecule has 0 aliphatic heterocycles. The van der Waals surface area contributed by atoms with Crippen molar-refractivity contribution in [1.29, 1.82) is 0 Å². The van der Waals surface area contributed by atoms with E-state index in [0.29, 0.717) is 17.1 Å². The number of carbonyl (C=O) groups is 3. The van der Waals surface area contributed by atoms with Gasteiger partial charge in [-0.3, -0.25) is 14.4 Å². The van der Waals surface area contributed by atoms with Crippen LogP contribution in [0, 0.1) is 6.92 Å². The molecule has 0 atom stereocenters. The van der Waals surface area contributed by atoms with Crippen molar-refractivity contribution in [3.05, 3.63) is 56.5 Å². The summed E-state index contributed by atoms with van der Waals surface area (Å²) in [4.78, 5) is 35.3. The molecule has 0 heterocycles. The molecule has 0 fully saturated rings. The molecule has 9 heteroatoms. The molecule has 31 heavy (non-hydrogen) atoms. The third kappa shape index (κ3) is 8.63. The minimum absolute atomic E-state index is 0.0340. The van der Waals surface area contributed by atoms with E-state index in [-0.39, 0.29) is 31.1 Å². The van der Waals surface area contributed by atoms with E-state index in [2.05, 4.69) is 47.7 Å². The van der Waals surface area contributed by atoms with Gasteiger partial charge < -0.3 is 10.1 Å². The van der Waals surface area contributed by atoms with Gasteiger partial charge in [0.05, 0.1) is 4.47 Å². The van der Waals surface area contributed by atoms with Gasteiger partial charge in [0.25, 0.3) is 5.91 Å². The molecule has 2 aromatic rings. The lowest BCUT2D eigenvalue weighted by Gasteiger charge is -2.09. The highest BCUT2D eigenvalue weighted by molar-refractivity contribution is 9.11. The van der Waals surface area contributed by atoms with Gasteiger partial charge in [0, 0.05) is 35.6 Å². The molecule has 0 saturated carbocycles. The maximum Gasteiger partial charge on any atom is 0.277 e. The van der Waals surface area contributed by atoms with Crippen molar-refractivity contribution in [2.24, 2.45) is 5.10 Å². The topological polar surface area (TPSA) is 96.9 Å². The standard InChI is InChI=1S/C22H23Br2N3O4/c1-13-8-21(20(24)11-19(13)23)31-12-22(30)27-26-14(2)9-18(29)10-16-4-6-17(7-5-16)25-15(3)28/h4-8,11H,9-10,12H2,1-3H3,(H,25,28)(H,27,30)/b26-14+. The van der Waals surface area contributed by atoms with Crippen LogP contribution in [-0.4, -0.2) is 29.9 Å². The molecule has 0 aromatic heterocycles. The van der Waals surface area contributed by atoms with Gasteiger partial charge in [-0.05, 0) is 65.2 Å². The summed E-state index contributed by atoms with van der Waals surface area (Å²) in [6.07, 6.45) is 0.354. The highest BCUT2D eigenvalue weighted by atomic mass is 79.9. The van der Waals surface area contributed by atoms with Crippen LogP contribution in [0.2, 0.25) is 0 Å². The number of Topliss-reactive ketones (excluding diaryl/α,β-unsaturated/α-hetero) is 1. The Morgan fingerprint density at radius 3 is 2.35 bits per heavy atom. The lowest BCUT2D eigenvalue weighted by Crippen LogP contribution is -2.26. The number of aryl methyl sites for hydroxylation is 1. The summed E-state index contributed by atoms with van der Waals surface area (Å²) >= 11 is 6.82. The van der Waals surface area contributed by atoms with E-state index in [1.807, 2.05) is 19.1 Å². The molecule has 0 spiro atoms. The predicted octanol–water partition coefficient (Wildman–Crippen LogP) is 4.55. The van der Waals surface area contributed by atoms with Crippen molar-refractivity contribution in [2.45, 2.75) is 33.6 Å². The number of ether oxygens (including phenoxy) is 1. The van der Waals surface area contributed by atoms with Crippen LogP contribution in [0.4, 0.5) is 5.69 Å². The molecule has 0 aliphatic carbocycles. The Morgan fingerprint density at radius 2 is 1.71 bits per heavy atom. The third-order valence-corrected chi connectivity index (χ3v) is 5.55. The van der Waals surface area contributed by atoms with Crippen molar-refractivity contribution in [2.75, 3.05) is 11.9 Å². The molecule has 0 saturated heterocycles. The Labute approximate surface area is 197 Å². The first-order valence-corrected chi connectivity index (χ1v) is 11.0. The van der Waals surface area contributed by atoms with Crippen LogP contribution in [0.25, 0.3) is 0 Å². The number of anilines is 1. The summed E-state index contributed by atoms with van der Waals surface area (Å²) < 4.78 is 7.18. The molecule has 2 N–H and O–H groups in total. The summed E-state index contributed by atoms with van der Waals surface area (Å²) in [5.74, 6) is -0.0555. The molecule has 2 amide bonds. The molecule has 2 rings (SSSR count). The number of hydrogen-bond donors (Lipinski definition) is 2. The van der Waals surface area contributed by atoms with Crippen molar-refractivity contribution in [3.63, 3.8) is 0 Å². The second-order valence-corrected chi connectivity index (χ2v) is 8.68. The van der Waals surface area contributed by atoms with Crippen molar-refractivity contribution < 1.29 is 19.1 Å². The Morgan fingerprint density at radius 1 is 1.03 bits per heavy atom. The van der Waals surface area contributed by atoms with Gasteiger partial charge >= 0.3 is 0 Å². The van der Waals surface area contributed by atoms with Crippen LogP contribution in [0.15, 0.2) is 50.4 Å². The molecule has 0 radical (unpaired) electrons. The Kier molecular flexibility index (Phi) is 9.39. The van der Waals surface area contributed by atoms with Crippen molar-refractivity contribution in [3.8, 4) is 5.75 Å². The SMILES string of the molecule is CC(=O)Nc1ccc(CC(=O)C/C(C)=N/NC(=O)COc2cc(C)c(Br)cc2Br)cc1. The van der Waals surface area contributed by atoms with E-state index >= 15 is 0 Å². The fourth-order valence-electron chi connectivity index (χ4n) is 2.60. The highest BCUT2D eigenvalue weighted by Gasteiger charge is 2.09. The fourth-order valence-corrected chi connectivity index (χ4v) is 3.71. The molecule has 0 bridgehead atoms. The van der Waals surface area contributed by atoms with Gasteiger partial charge in [-0.1, -0.05) is 28.1 Å². The molecular weight excluding hydrogens is 530 g/mol. The Balaban J connectivity index is 1.79. The first kappa shape index (κ1) is 24.7. The highest BCUT2D eigenvalue weighted by Crippen LogP contribution is 2.31. The zero-order valence-corrected chi connectivity index (χ0v) is 20.6. The van der Waals surface area contributed by atoms with E-state index in [4.69, 9.17) is 4.74 Å². The minimum Gasteiger partial charge on any atom is -0.483 e. The summed E-state index contributed by atoms with van der Waals surface area (Å²) in [5, 5.41) is 6.64. The molecule has 164 valence electrons. The minimum atomic E-state index is -0.423. The lowest BCUT2D eigenvalue weighted by molar-refractivity contribution is -0.123. The summed E-state index contributed by atoms with van der Waals surface area (Å²) in [6.45, 7) is 4.83. The number of halogens is 2. The van der Waals surface area contributed by atoms with Gasteiger partial charge in [0.15, 0.2) is 6.61 Å². The van der Waals surface area contributed by atoms with Gasteiger partial charge in [-0.15, -0.1) is 0 Å². The maximum absolute atomic E-state index is 12.2. The van der Waals surface area contributed by atoms with E-state index in [9.17, 15) is 14.4 Å². The Hall–Kier alpha value is -2.52. The second-order valence-electron chi connectivity index (χ2n) is 6.97. The van der Waals surface area contributed by atoms with E-state index in [0.717, 1.165) is 20.1 Å². The lowest BCUT2D eigenvalue weighted by atomic mass is 10.1. The largest absolute Gasteiger partial charge is 0.483 e. The third-order valence-electron chi connectivity index (χ3n) is 4.07. The van der Waals surface area contributed by atoms with Crippen LogP contribution < -0.4 is 15.5 Å². The van der Waals surface area contributed by atoms with Crippen LogP contribution in [0.3, 0.4) is 0 Å². The van der Waals surface area contributed by atoms with E-state index < -0.39 is 5.91 Å². The summed E-state index contributed by atoms with van der Waals surface area (Å²) in [5.41, 5.74) is 5.39. The number of rotatable bonds is 9. The molecule has 0 unspecified atom stereocenters. The summed E-state index contributed by atoms with van der Waals surface area (Å²) in [6, 6.07) is 10.7. The second kappa shape index (κ2) is 11.8. The predicted molar refractivity (Wildman–Crippen MR) is 127 cm³/mol. The Bertz CT molecular complexity index is 1000. The van der Waals surface area contributed by atoms with E-state index in [1.165, 1.54) is 6.92 Å². The maximum atomic E-state index is 12.2. The van der Waals surface area contributed by atoms with Gasteiger partial charge in [-0.25, -0.2) is 5.43 Å². The molecule has 0 aliphatic rings. The number of hydrogen-bond acceptors (Lipinski definition) is 5. The van der Waals surface area contributed by atoms with Crippen LogP contribution in [-0.2, 0) is 20.8 Å². The van der Waals surface area contributed by atoms with Crippen molar-refractivity contribution >= 4 is 60.9 Å². The van der Waals surface area contributed by atoms with Crippen LogP contribution in [0.1, 0.15) is 31.4 Å². The van der Waals surface area contributed by atoms with Crippen molar-refractivity contribution in [1.82, 2.24) is 5.43 Å². The first-order valence-electron chi connectivity index (χ1n) is 9.42. The van der Waals surface area contributed by atoms with Gasteiger partial charge in [0.2, 0.25) is 5.91 Å². The normalized spacial score (nSPS) is 11.1. The zero-order chi connectivity index (χ0) is 23.0. The average molecular weight is 553 g/mol. The average Bonchev–Trinajstić information content (AvgIpc) is 2.69. The monoisotopic (exact) mass is 551 g/mol. The number of benzene rings is 2. The van der Waals surface area contributed by atoms with Crippen LogP contribution in [0.5, 0.6) is 5.75 Å². The number of nitrogens with zero attached hydrogens (tertiary/aromatic N) is 1. The van der Waals surface area contributed by atoms with E-state index in [1.54, 1.807) is 31.2 Å². The first-order chi connectivity index (χ1) is 14.6. The summed E-state index contributed by atoms with van der Waals surface area (Å²) in [7, 11) is 0. The number of nitrogens with one attached hydrogen (secondary N) is 2. The van der Waals surface area contributed by atoms with Gasteiger partial charge in [-0.2, -0.15) is 5.10 Å². The fraction of sp³-hybridized carbons (Fsp3) is 0.273. The molecular formula is C22H23Br2N3O4.